The Hall–Kier alpha value is -2.43. The van der Waals surface area contributed by atoms with E-state index in [-0.39, 0.29) is 5.56 Å². The van der Waals surface area contributed by atoms with Gasteiger partial charge in [0, 0.05) is 12.4 Å². The van der Waals surface area contributed by atoms with Crippen molar-refractivity contribution in [2.75, 3.05) is 0 Å². The van der Waals surface area contributed by atoms with Gasteiger partial charge in [-0.2, -0.15) is 0 Å². The zero-order valence-electron chi connectivity index (χ0n) is 10.0. The summed E-state index contributed by atoms with van der Waals surface area (Å²) in [6.07, 6.45) is 3.10. The van der Waals surface area contributed by atoms with Crippen molar-refractivity contribution in [3.8, 4) is 11.6 Å². The monoisotopic (exact) mass is 244 g/mol. The molecule has 0 unspecified atom stereocenters. The molecule has 0 aliphatic carbocycles. The topological polar surface area (TPSA) is 72.3 Å². The lowest BCUT2D eigenvalue weighted by Gasteiger charge is -2.09. The summed E-state index contributed by atoms with van der Waals surface area (Å²) < 4.78 is 5.59. The molecule has 2 aromatic rings. The number of hydrogen-bond donors (Lipinski definition) is 1. The summed E-state index contributed by atoms with van der Waals surface area (Å²) in [5.74, 6) is -0.141. The van der Waals surface area contributed by atoms with Gasteiger partial charge in [-0.05, 0) is 31.5 Å². The van der Waals surface area contributed by atoms with Gasteiger partial charge in [-0.3, -0.25) is 4.98 Å². The smallest absolute Gasteiger partial charge is 0.335 e. The fraction of sp³-hybridized carbons (Fsp3) is 0.154. The molecule has 0 saturated heterocycles. The Kier molecular flexibility index (Phi) is 3.23. The van der Waals surface area contributed by atoms with Gasteiger partial charge in [0.05, 0.1) is 11.3 Å². The third kappa shape index (κ3) is 2.45. The Morgan fingerprint density at radius 2 is 1.94 bits per heavy atom. The lowest BCUT2D eigenvalue weighted by molar-refractivity contribution is 0.0696. The number of ether oxygens (including phenoxy) is 1. The fourth-order valence-corrected chi connectivity index (χ4v) is 1.44. The minimum absolute atomic E-state index is 0.178. The number of carbonyl (C=O) groups is 1. The van der Waals surface area contributed by atoms with Crippen LogP contribution in [0.25, 0.3) is 0 Å². The molecule has 0 amide bonds. The van der Waals surface area contributed by atoms with Crippen LogP contribution in [-0.4, -0.2) is 21.0 Å². The summed E-state index contributed by atoms with van der Waals surface area (Å²) >= 11 is 0. The Balaban J connectivity index is 2.37. The van der Waals surface area contributed by atoms with E-state index in [1.54, 1.807) is 19.2 Å². The van der Waals surface area contributed by atoms with E-state index >= 15 is 0 Å². The van der Waals surface area contributed by atoms with Crippen LogP contribution >= 0.6 is 0 Å². The molecule has 0 spiro atoms. The van der Waals surface area contributed by atoms with E-state index in [4.69, 9.17) is 9.84 Å². The maximum absolute atomic E-state index is 10.9. The average molecular weight is 244 g/mol. The van der Waals surface area contributed by atoms with Crippen LogP contribution in [0.15, 0.2) is 30.6 Å². The van der Waals surface area contributed by atoms with Crippen LogP contribution in [0, 0.1) is 13.8 Å². The molecule has 0 aliphatic heterocycles. The normalized spacial score (nSPS) is 10.1. The van der Waals surface area contributed by atoms with E-state index in [9.17, 15) is 4.79 Å². The number of carboxylic acid groups (broad SMARTS) is 1. The van der Waals surface area contributed by atoms with E-state index in [1.165, 1.54) is 18.3 Å². The summed E-state index contributed by atoms with van der Waals surface area (Å²) in [5.41, 5.74) is 1.67. The zero-order valence-corrected chi connectivity index (χ0v) is 10.0. The van der Waals surface area contributed by atoms with Gasteiger partial charge in [-0.15, -0.1) is 0 Å². The van der Waals surface area contributed by atoms with Gasteiger partial charge >= 0.3 is 5.97 Å². The minimum Gasteiger partial charge on any atom is -0.478 e. The standard InChI is InChI=1S/C13H12N2O3/c1-8-3-4-10(13(16)17)7-11(8)18-12-9(2)14-5-6-15-12/h3-7H,1-2H3,(H,16,17). The third-order valence-electron chi connectivity index (χ3n) is 2.48. The van der Waals surface area contributed by atoms with Crippen molar-refractivity contribution in [2.24, 2.45) is 0 Å². The second-order valence-electron chi connectivity index (χ2n) is 3.83. The first-order valence-corrected chi connectivity index (χ1v) is 5.37. The highest BCUT2D eigenvalue weighted by atomic mass is 16.5. The highest BCUT2D eigenvalue weighted by molar-refractivity contribution is 5.88. The predicted octanol–water partition coefficient (Wildman–Crippen LogP) is 2.58. The van der Waals surface area contributed by atoms with E-state index in [0.717, 1.165) is 5.56 Å². The molecule has 0 aliphatic rings. The quantitative estimate of drug-likeness (QED) is 0.898. The van der Waals surface area contributed by atoms with Crippen LogP contribution in [0.5, 0.6) is 11.6 Å². The third-order valence-corrected chi connectivity index (χ3v) is 2.48. The number of benzene rings is 1. The molecule has 18 heavy (non-hydrogen) atoms. The van der Waals surface area contributed by atoms with Gasteiger partial charge < -0.3 is 9.84 Å². The van der Waals surface area contributed by atoms with Crippen molar-refractivity contribution < 1.29 is 14.6 Å². The molecule has 0 bridgehead atoms. The number of aromatic nitrogens is 2. The highest BCUT2D eigenvalue weighted by Gasteiger charge is 2.10. The maximum atomic E-state index is 10.9. The number of aryl methyl sites for hydroxylation is 2. The van der Waals surface area contributed by atoms with E-state index in [2.05, 4.69) is 9.97 Å². The number of aromatic carboxylic acids is 1. The van der Waals surface area contributed by atoms with Crippen molar-refractivity contribution in [3.05, 3.63) is 47.4 Å². The lowest BCUT2D eigenvalue weighted by Crippen LogP contribution is -1.99. The molecular weight excluding hydrogens is 232 g/mol. The minimum atomic E-state index is -0.990. The summed E-state index contributed by atoms with van der Waals surface area (Å²) in [6.45, 7) is 3.62. The van der Waals surface area contributed by atoms with Crippen molar-refractivity contribution >= 4 is 5.97 Å². The molecule has 0 radical (unpaired) electrons. The first kappa shape index (κ1) is 12.0. The molecule has 5 heteroatoms. The first-order chi connectivity index (χ1) is 8.58. The first-order valence-electron chi connectivity index (χ1n) is 5.37. The highest BCUT2D eigenvalue weighted by Crippen LogP contribution is 2.25. The van der Waals surface area contributed by atoms with Gasteiger partial charge in [-0.1, -0.05) is 6.07 Å². The van der Waals surface area contributed by atoms with Crippen LogP contribution in [-0.2, 0) is 0 Å². The summed E-state index contributed by atoms with van der Waals surface area (Å²) in [6, 6.07) is 4.71. The van der Waals surface area contributed by atoms with Crippen molar-refractivity contribution in [3.63, 3.8) is 0 Å². The van der Waals surface area contributed by atoms with Crippen LogP contribution in [0.3, 0.4) is 0 Å². The van der Waals surface area contributed by atoms with Crippen molar-refractivity contribution in [2.45, 2.75) is 13.8 Å². The number of nitrogens with zero attached hydrogens (tertiary/aromatic N) is 2. The fourth-order valence-electron chi connectivity index (χ4n) is 1.44. The summed E-state index contributed by atoms with van der Waals surface area (Å²) in [7, 11) is 0. The SMILES string of the molecule is Cc1ccc(C(=O)O)cc1Oc1nccnc1C. The summed E-state index contributed by atoms with van der Waals surface area (Å²) in [5, 5.41) is 8.94. The van der Waals surface area contributed by atoms with Gasteiger partial charge in [-0.25, -0.2) is 9.78 Å². The Morgan fingerprint density at radius 3 is 2.61 bits per heavy atom. The number of carboxylic acids is 1. The average Bonchev–Trinajstić information content (AvgIpc) is 2.34. The molecule has 1 aromatic carbocycles. The Labute approximate surface area is 104 Å². The van der Waals surface area contributed by atoms with Crippen LogP contribution in [0.4, 0.5) is 0 Å². The van der Waals surface area contributed by atoms with Gasteiger partial charge in [0.2, 0.25) is 5.88 Å². The van der Waals surface area contributed by atoms with E-state index in [1.807, 2.05) is 6.92 Å². The maximum Gasteiger partial charge on any atom is 0.335 e. The Bertz CT molecular complexity index is 597. The predicted molar refractivity (Wildman–Crippen MR) is 65.0 cm³/mol. The van der Waals surface area contributed by atoms with Crippen LogP contribution < -0.4 is 4.74 Å². The molecule has 92 valence electrons. The largest absolute Gasteiger partial charge is 0.478 e. The molecule has 0 saturated carbocycles. The molecule has 0 atom stereocenters. The van der Waals surface area contributed by atoms with Gasteiger partial charge in [0.15, 0.2) is 0 Å². The van der Waals surface area contributed by atoms with Gasteiger partial charge in [0.25, 0.3) is 0 Å². The van der Waals surface area contributed by atoms with E-state index < -0.39 is 5.97 Å². The van der Waals surface area contributed by atoms with Crippen molar-refractivity contribution in [1.82, 2.24) is 9.97 Å². The lowest BCUT2D eigenvalue weighted by atomic mass is 10.1. The van der Waals surface area contributed by atoms with Gasteiger partial charge in [0.1, 0.15) is 5.75 Å². The van der Waals surface area contributed by atoms with Crippen molar-refractivity contribution in [1.29, 1.82) is 0 Å². The molecular formula is C13H12N2O3. The summed E-state index contributed by atoms with van der Waals surface area (Å²) in [4.78, 5) is 19.0. The zero-order chi connectivity index (χ0) is 13.1. The number of hydrogen-bond acceptors (Lipinski definition) is 4. The molecule has 0 fully saturated rings. The Morgan fingerprint density at radius 1 is 1.22 bits per heavy atom. The van der Waals surface area contributed by atoms with Crippen LogP contribution in [0.1, 0.15) is 21.6 Å². The second kappa shape index (κ2) is 4.83. The molecule has 2 rings (SSSR count). The molecule has 1 heterocycles. The molecule has 1 N–H and O–H groups in total. The van der Waals surface area contributed by atoms with E-state index in [0.29, 0.717) is 17.3 Å². The molecule has 5 nitrogen and oxygen atoms in total. The molecule has 1 aromatic heterocycles. The number of rotatable bonds is 3. The van der Waals surface area contributed by atoms with Crippen LogP contribution in [0.2, 0.25) is 0 Å². The second-order valence-corrected chi connectivity index (χ2v) is 3.83.